The molecule has 0 heterocycles. The Balaban J connectivity index is 4.34. The van der Waals surface area contributed by atoms with Crippen molar-refractivity contribution in [3.8, 4) is 0 Å². The van der Waals surface area contributed by atoms with Crippen LogP contribution in [0.2, 0.25) is 0 Å². The lowest BCUT2D eigenvalue weighted by atomic mass is 10.2. The maximum absolute atomic E-state index is 6.15. The molecule has 3 unspecified atom stereocenters. The van der Waals surface area contributed by atoms with E-state index in [1.807, 2.05) is 0 Å². The molecule has 0 spiro atoms. The summed E-state index contributed by atoms with van der Waals surface area (Å²) in [6, 6.07) is 0. The fraction of sp³-hybridized carbons (Fsp3) is 1.00. The van der Waals surface area contributed by atoms with Crippen molar-refractivity contribution in [3.63, 3.8) is 0 Å². The van der Waals surface area contributed by atoms with E-state index in [1.165, 1.54) is 38.5 Å². The highest BCUT2D eigenvalue weighted by atomic mass is 27.3. The maximum Gasteiger partial charge on any atom is 0.906 e. The molecular formula is C18H39AlO3. The molecule has 0 saturated heterocycles. The van der Waals surface area contributed by atoms with Gasteiger partial charge in [-0.1, -0.05) is 59.3 Å². The number of hydrogen-bond donors (Lipinski definition) is 0. The normalized spacial score (nSPS) is 15.5. The average molecular weight is 330 g/mol. The summed E-state index contributed by atoms with van der Waals surface area (Å²) in [5, 5.41) is 0. The van der Waals surface area contributed by atoms with Crippen LogP contribution in [-0.2, 0) is 11.4 Å². The van der Waals surface area contributed by atoms with Gasteiger partial charge in [-0.05, 0) is 40.0 Å². The summed E-state index contributed by atoms with van der Waals surface area (Å²) in [5.41, 5.74) is 0. The van der Waals surface area contributed by atoms with Crippen molar-refractivity contribution >= 4 is 15.1 Å². The molecule has 4 heteroatoms. The second-order valence-electron chi connectivity index (χ2n) is 6.56. The van der Waals surface area contributed by atoms with Crippen molar-refractivity contribution in [3.05, 3.63) is 0 Å². The summed E-state index contributed by atoms with van der Waals surface area (Å²) in [6.07, 6.45) is 11.3. The van der Waals surface area contributed by atoms with Gasteiger partial charge in [0.15, 0.2) is 0 Å². The quantitative estimate of drug-likeness (QED) is 0.357. The summed E-state index contributed by atoms with van der Waals surface area (Å²) in [7, 11) is 0. The van der Waals surface area contributed by atoms with Crippen molar-refractivity contribution in [1.29, 1.82) is 0 Å². The molecule has 0 rings (SSSR count). The minimum Gasteiger partial charge on any atom is -0.452 e. The number of hydrogen-bond acceptors (Lipinski definition) is 3. The standard InChI is InChI=1S/3C6H13O.Al/c3*1-3-4-5-6(2)7;/h3*6H,3-5H2,1-2H3;/q3*-1;+3. The van der Waals surface area contributed by atoms with E-state index in [9.17, 15) is 0 Å². The summed E-state index contributed by atoms with van der Waals surface area (Å²) >= 11 is -2.04. The summed E-state index contributed by atoms with van der Waals surface area (Å²) in [5.74, 6) is 0. The van der Waals surface area contributed by atoms with Gasteiger partial charge in [0.25, 0.3) is 0 Å². The second-order valence-corrected chi connectivity index (χ2v) is 7.95. The van der Waals surface area contributed by atoms with Crippen molar-refractivity contribution in [2.45, 2.75) is 118 Å². The molecule has 22 heavy (non-hydrogen) atoms. The number of unbranched alkanes of at least 4 members (excludes halogenated alkanes) is 3. The molecule has 0 fully saturated rings. The third-order valence-corrected chi connectivity index (χ3v) is 5.98. The molecule has 3 nitrogen and oxygen atoms in total. The Labute approximate surface area is 144 Å². The largest absolute Gasteiger partial charge is 0.906 e. The van der Waals surface area contributed by atoms with Gasteiger partial charge < -0.3 is 11.4 Å². The Morgan fingerprint density at radius 2 is 0.864 bits per heavy atom. The molecule has 0 bridgehead atoms. The van der Waals surface area contributed by atoms with Crippen molar-refractivity contribution in [1.82, 2.24) is 0 Å². The first-order chi connectivity index (χ1) is 10.5. The van der Waals surface area contributed by atoms with Gasteiger partial charge in [-0.15, -0.1) is 0 Å². The van der Waals surface area contributed by atoms with Crippen LogP contribution >= 0.6 is 0 Å². The first-order valence-electron chi connectivity index (χ1n) is 9.49. The summed E-state index contributed by atoms with van der Waals surface area (Å²) < 4.78 is 18.4. The van der Waals surface area contributed by atoms with E-state index in [4.69, 9.17) is 11.4 Å². The highest BCUT2D eigenvalue weighted by Gasteiger charge is 2.36. The Hall–Kier alpha value is 0.412. The molecule has 0 saturated carbocycles. The van der Waals surface area contributed by atoms with Gasteiger partial charge in [-0.2, -0.15) is 0 Å². The predicted octanol–water partition coefficient (Wildman–Crippen LogP) is 5.76. The SMILES string of the molecule is CCCCC(C)[O][Al]([O]C(C)CCCC)[O]C(C)CCCC. The molecule has 0 aromatic carbocycles. The van der Waals surface area contributed by atoms with Gasteiger partial charge in [-0.25, -0.2) is 0 Å². The Kier molecular flexibility index (Phi) is 15.3. The zero-order chi connectivity index (χ0) is 16.8. The van der Waals surface area contributed by atoms with Crippen LogP contribution in [0.25, 0.3) is 0 Å². The highest BCUT2D eigenvalue weighted by Crippen LogP contribution is 2.14. The van der Waals surface area contributed by atoms with Gasteiger partial charge in [0.1, 0.15) is 0 Å². The van der Waals surface area contributed by atoms with Crippen LogP contribution in [-0.4, -0.2) is 33.5 Å². The van der Waals surface area contributed by atoms with E-state index in [2.05, 4.69) is 41.5 Å². The first-order valence-corrected chi connectivity index (χ1v) is 10.9. The topological polar surface area (TPSA) is 27.7 Å². The van der Waals surface area contributed by atoms with E-state index in [1.54, 1.807) is 0 Å². The van der Waals surface area contributed by atoms with Gasteiger partial charge >= 0.3 is 15.1 Å². The van der Waals surface area contributed by atoms with E-state index in [-0.39, 0.29) is 18.3 Å². The van der Waals surface area contributed by atoms with Crippen LogP contribution in [0.4, 0.5) is 0 Å². The van der Waals surface area contributed by atoms with Crippen LogP contribution in [0.5, 0.6) is 0 Å². The molecule has 0 N–H and O–H groups in total. The fourth-order valence-corrected chi connectivity index (χ4v) is 4.08. The molecule has 0 aliphatic carbocycles. The first kappa shape index (κ1) is 22.4. The highest BCUT2D eigenvalue weighted by molar-refractivity contribution is 6.36. The lowest BCUT2D eigenvalue weighted by molar-refractivity contribution is 0.0136. The molecule has 0 aliphatic heterocycles. The maximum atomic E-state index is 6.15. The molecule has 0 radical (unpaired) electrons. The molecule has 0 aromatic heterocycles. The molecule has 3 atom stereocenters. The van der Waals surface area contributed by atoms with Gasteiger partial charge in [0, 0.05) is 18.3 Å². The third-order valence-electron chi connectivity index (χ3n) is 3.92. The minimum absolute atomic E-state index is 0.244. The van der Waals surface area contributed by atoms with Crippen molar-refractivity contribution in [2.24, 2.45) is 0 Å². The molecule has 0 amide bonds. The predicted molar refractivity (Wildman–Crippen MR) is 96.0 cm³/mol. The lowest BCUT2D eigenvalue weighted by Gasteiger charge is -2.24. The van der Waals surface area contributed by atoms with Crippen LogP contribution in [0.3, 0.4) is 0 Å². The van der Waals surface area contributed by atoms with Gasteiger partial charge in [-0.3, -0.25) is 0 Å². The van der Waals surface area contributed by atoms with Crippen LogP contribution < -0.4 is 0 Å². The van der Waals surface area contributed by atoms with Crippen molar-refractivity contribution < 1.29 is 11.4 Å². The molecule has 0 aromatic rings. The molecular weight excluding hydrogens is 291 g/mol. The summed E-state index contributed by atoms with van der Waals surface area (Å²) in [4.78, 5) is 0. The van der Waals surface area contributed by atoms with Crippen LogP contribution in [0.15, 0.2) is 0 Å². The Morgan fingerprint density at radius 3 is 1.09 bits per heavy atom. The van der Waals surface area contributed by atoms with E-state index < -0.39 is 15.1 Å². The van der Waals surface area contributed by atoms with Crippen LogP contribution in [0.1, 0.15) is 99.3 Å². The van der Waals surface area contributed by atoms with E-state index >= 15 is 0 Å². The fourth-order valence-electron chi connectivity index (χ4n) is 2.34. The zero-order valence-electron chi connectivity index (χ0n) is 15.9. The van der Waals surface area contributed by atoms with E-state index in [0.717, 1.165) is 19.3 Å². The smallest absolute Gasteiger partial charge is 0.452 e. The third kappa shape index (κ3) is 12.9. The monoisotopic (exact) mass is 330 g/mol. The Morgan fingerprint density at radius 1 is 0.591 bits per heavy atom. The molecule has 132 valence electrons. The van der Waals surface area contributed by atoms with E-state index in [0.29, 0.717) is 0 Å². The van der Waals surface area contributed by atoms with Gasteiger partial charge in [0.05, 0.1) is 0 Å². The Bertz CT molecular complexity index is 200. The number of rotatable bonds is 15. The van der Waals surface area contributed by atoms with Crippen molar-refractivity contribution in [2.75, 3.05) is 0 Å². The second kappa shape index (κ2) is 15.0. The summed E-state index contributed by atoms with van der Waals surface area (Å²) in [6.45, 7) is 13.1. The zero-order valence-corrected chi connectivity index (χ0v) is 17.1. The lowest BCUT2D eigenvalue weighted by Crippen LogP contribution is -2.37. The average Bonchev–Trinajstić information content (AvgIpc) is 2.48. The minimum atomic E-state index is -2.04. The molecule has 0 aliphatic rings. The van der Waals surface area contributed by atoms with Gasteiger partial charge in [0.2, 0.25) is 0 Å². The van der Waals surface area contributed by atoms with Crippen LogP contribution in [0, 0.1) is 0 Å².